The molecule has 0 N–H and O–H groups in total. The number of ether oxygens (including phenoxy) is 1. The Morgan fingerprint density at radius 2 is 2.41 bits per heavy atom. The number of aromatic nitrogens is 2. The zero-order valence-corrected chi connectivity index (χ0v) is 10.4. The average molecular weight is 237 g/mol. The van der Waals surface area contributed by atoms with E-state index in [9.17, 15) is 4.79 Å². The molecular formula is C12H19N3O2. The lowest BCUT2D eigenvalue weighted by Gasteiger charge is -2.21. The van der Waals surface area contributed by atoms with Crippen molar-refractivity contribution in [2.45, 2.75) is 32.4 Å². The molecule has 1 aliphatic carbocycles. The number of hydrogen-bond acceptors (Lipinski definition) is 3. The first kappa shape index (κ1) is 12.1. The van der Waals surface area contributed by atoms with Gasteiger partial charge in [-0.3, -0.25) is 4.79 Å². The van der Waals surface area contributed by atoms with Gasteiger partial charge in [-0.05, 0) is 19.8 Å². The molecule has 17 heavy (non-hydrogen) atoms. The third kappa shape index (κ3) is 3.06. The van der Waals surface area contributed by atoms with Gasteiger partial charge in [-0.1, -0.05) is 0 Å². The van der Waals surface area contributed by atoms with Gasteiger partial charge < -0.3 is 14.2 Å². The van der Waals surface area contributed by atoms with Gasteiger partial charge in [-0.25, -0.2) is 4.98 Å². The Balaban J connectivity index is 1.98. The summed E-state index contributed by atoms with van der Waals surface area (Å²) in [6.07, 6.45) is 5.85. The number of nitrogens with zero attached hydrogens (tertiary/aromatic N) is 3. The fourth-order valence-corrected chi connectivity index (χ4v) is 1.78. The SMILES string of the molecule is CCOCC(=O)N(Cc1nccn1C)C1CC1. The van der Waals surface area contributed by atoms with E-state index in [4.69, 9.17) is 4.74 Å². The molecule has 5 nitrogen and oxygen atoms in total. The Labute approximate surface area is 101 Å². The van der Waals surface area contributed by atoms with Crippen LogP contribution in [-0.4, -0.2) is 39.6 Å². The van der Waals surface area contributed by atoms with E-state index >= 15 is 0 Å². The molecule has 5 heteroatoms. The maximum Gasteiger partial charge on any atom is 0.249 e. The zero-order chi connectivity index (χ0) is 12.3. The van der Waals surface area contributed by atoms with Gasteiger partial charge in [0.15, 0.2) is 0 Å². The summed E-state index contributed by atoms with van der Waals surface area (Å²) in [5.74, 6) is 0.985. The minimum absolute atomic E-state index is 0.0670. The first-order valence-corrected chi connectivity index (χ1v) is 6.05. The molecule has 0 saturated heterocycles. The quantitative estimate of drug-likeness (QED) is 0.740. The van der Waals surface area contributed by atoms with Crippen LogP contribution in [0.5, 0.6) is 0 Å². The summed E-state index contributed by atoms with van der Waals surface area (Å²) in [7, 11) is 1.94. The van der Waals surface area contributed by atoms with E-state index in [0.29, 0.717) is 19.2 Å². The van der Waals surface area contributed by atoms with E-state index in [1.807, 2.05) is 29.6 Å². The van der Waals surface area contributed by atoms with Gasteiger partial charge in [0.2, 0.25) is 5.91 Å². The van der Waals surface area contributed by atoms with Crippen LogP contribution >= 0.6 is 0 Å². The second kappa shape index (κ2) is 5.31. The van der Waals surface area contributed by atoms with Crippen LogP contribution in [-0.2, 0) is 23.1 Å². The Morgan fingerprint density at radius 1 is 1.65 bits per heavy atom. The van der Waals surface area contributed by atoms with Gasteiger partial charge >= 0.3 is 0 Å². The number of hydrogen-bond donors (Lipinski definition) is 0. The molecule has 0 aromatic carbocycles. The molecule has 1 aliphatic rings. The molecule has 1 heterocycles. The molecule has 0 bridgehead atoms. The number of amides is 1. The number of aryl methyl sites for hydroxylation is 1. The van der Waals surface area contributed by atoms with E-state index in [0.717, 1.165) is 18.7 Å². The van der Waals surface area contributed by atoms with Gasteiger partial charge in [-0.2, -0.15) is 0 Å². The highest BCUT2D eigenvalue weighted by Gasteiger charge is 2.33. The number of imidazole rings is 1. The predicted molar refractivity (Wildman–Crippen MR) is 63.3 cm³/mol. The third-order valence-corrected chi connectivity index (χ3v) is 2.97. The normalized spacial score (nSPS) is 14.9. The van der Waals surface area contributed by atoms with E-state index < -0.39 is 0 Å². The molecule has 94 valence electrons. The van der Waals surface area contributed by atoms with Crippen LogP contribution in [0.3, 0.4) is 0 Å². The smallest absolute Gasteiger partial charge is 0.249 e. The summed E-state index contributed by atoms with van der Waals surface area (Å²) in [4.78, 5) is 18.1. The molecule has 0 atom stereocenters. The maximum atomic E-state index is 12.0. The molecule has 0 radical (unpaired) electrons. The molecule has 1 fully saturated rings. The molecule has 1 amide bonds. The summed E-state index contributed by atoms with van der Waals surface area (Å²) in [6, 6.07) is 0.389. The Morgan fingerprint density at radius 3 is 2.94 bits per heavy atom. The van der Waals surface area contributed by atoms with Crippen LogP contribution < -0.4 is 0 Å². The molecule has 1 aromatic rings. The lowest BCUT2D eigenvalue weighted by Crippen LogP contribution is -2.36. The Bertz CT molecular complexity index is 385. The van der Waals surface area contributed by atoms with Crippen LogP contribution in [0.4, 0.5) is 0 Å². The first-order chi connectivity index (χ1) is 8.22. The van der Waals surface area contributed by atoms with E-state index in [1.165, 1.54) is 0 Å². The van der Waals surface area contributed by atoms with Crippen LogP contribution in [0.15, 0.2) is 12.4 Å². The molecule has 0 spiro atoms. The highest BCUT2D eigenvalue weighted by molar-refractivity contribution is 5.78. The zero-order valence-electron chi connectivity index (χ0n) is 10.4. The van der Waals surface area contributed by atoms with Crippen molar-refractivity contribution in [3.63, 3.8) is 0 Å². The molecule has 2 rings (SSSR count). The minimum atomic E-state index is 0.0670. The summed E-state index contributed by atoms with van der Waals surface area (Å²) < 4.78 is 7.13. The summed E-state index contributed by atoms with van der Waals surface area (Å²) >= 11 is 0. The van der Waals surface area contributed by atoms with Crippen molar-refractivity contribution >= 4 is 5.91 Å². The van der Waals surface area contributed by atoms with Crippen LogP contribution in [0.1, 0.15) is 25.6 Å². The highest BCUT2D eigenvalue weighted by atomic mass is 16.5. The predicted octanol–water partition coefficient (Wildman–Crippen LogP) is 0.948. The van der Waals surface area contributed by atoms with E-state index in [2.05, 4.69) is 4.98 Å². The Kier molecular flexibility index (Phi) is 3.78. The first-order valence-electron chi connectivity index (χ1n) is 6.05. The van der Waals surface area contributed by atoms with Crippen LogP contribution in [0.25, 0.3) is 0 Å². The van der Waals surface area contributed by atoms with E-state index in [1.54, 1.807) is 6.20 Å². The van der Waals surface area contributed by atoms with Crippen LogP contribution in [0, 0.1) is 0 Å². The molecule has 0 aliphatic heterocycles. The van der Waals surface area contributed by atoms with Gasteiger partial charge in [0.05, 0.1) is 6.54 Å². The fraction of sp³-hybridized carbons (Fsp3) is 0.667. The van der Waals surface area contributed by atoms with Crippen molar-refractivity contribution in [3.8, 4) is 0 Å². The van der Waals surface area contributed by atoms with Crippen molar-refractivity contribution in [1.29, 1.82) is 0 Å². The number of carbonyl (C=O) groups is 1. The van der Waals surface area contributed by atoms with Crippen molar-refractivity contribution in [3.05, 3.63) is 18.2 Å². The summed E-state index contributed by atoms with van der Waals surface area (Å²) in [6.45, 7) is 3.23. The van der Waals surface area contributed by atoms with Crippen molar-refractivity contribution in [2.24, 2.45) is 7.05 Å². The second-order valence-electron chi connectivity index (χ2n) is 4.34. The average Bonchev–Trinajstić information content (AvgIpc) is 3.08. The van der Waals surface area contributed by atoms with Crippen molar-refractivity contribution < 1.29 is 9.53 Å². The molecule has 1 aromatic heterocycles. The highest BCUT2D eigenvalue weighted by Crippen LogP contribution is 2.28. The van der Waals surface area contributed by atoms with Crippen molar-refractivity contribution in [1.82, 2.24) is 14.5 Å². The largest absolute Gasteiger partial charge is 0.372 e. The fourth-order valence-electron chi connectivity index (χ4n) is 1.78. The van der Waals surface area contributed by atoms with Crippen molar-refractivity contribution in [2.75, 3.05) is 13.2 Å². The van der Waals surface area contributed by atoms with Gasteiger partial charge in [0, 0.05) is 32.1 Å². The minimum Gasteiger partial charge on any atom is -0.372 e. The van der Waals surface area contributed by atoms with Gasteiger partial charge in [0.1, 0.15) is 12.4 Å². The lowest BCUT2D eigenvalue weighted by molar-refractivity contribution is -0.137. The number of carbonyl (C=O) groups excluding carboxylic acids is 1. The summed E-state index contributed by atoms with van der Waals surface area (Å²) in [5.41, 5.74) is 0. The lowest BCUT2D eigenvalue weighted by atomic mass is 10.4. The topological polar surface area (TPSA) is 47.4 Å². The second-order valence-corrected chi connectivity index (χ2v) is 4.34. The monoisotopic (exact) mass is 237 g/mol. The third-order valence-electron chi connectivity index (χ3n) is 2.97. The summed E-state index contributed by atoms with van der Waals surface area (Å²) in [5, 5.41) is 0. The Hall–Kier alpha value is -1.36. The van der Waals surface area contributed by atoms with Crippen LogP contribution in [0.2, 0.25) is 0 Å². The molecule has 0 unspecified atom stereocenters. The standard InChI is InChI=1S/C12H19N3O2/c1-3-17-9-12(16)15(10-4-5-10)8-11-13-6-7-14(11)2/h6-7,10H,3-5,8-9H2,1-2H3. The maximum absolute atomic E-state index is 12.0. The van der Waals surface area contributed by atoms with Gasteiger partial charge in [0.25, 0.3) is 0 Å². The number of rotatable bonds is 6. The molecular weight excluding hydrogens is 218 g/mol. The molecule has 1 saturated carbocycles. The van der Waals surface area contributed by atoms with Gasteiger partial charge in [-0.15, -0.1) is 0 Å². The van der Waals surface area contributed by atoms with E-state index in [-0.39, 0.29) is 12.5 Å².